The molecular weight excluding hydrogens is 305 g/mol. The minimum atomic E-state index is -4.57. The lowest BCUT2D eigenvalue weighted by molar-refractivity contribution is -0.160. The van der Waals surface area contributed by atoms with Gasteiger partial charge in [0.2, 0.25) is 10.0 Å². The highest BCUT2D eigenvalue weighted by Gasteiger charge is 2.65. The van der Waals surface area contributed by atoms with Crippen molar-refractivity contribution in [3.63, 3.8) is 0 Å². The SMILES string of the molecule is CNCc1cc(S(=O)(=O)NC2(C(F)(F)F)CC2)ccc1C. The largest absolute Gasteiger partial charge is 0.407 e. The second-order valence-corrected chi connectivity index (χ2v) is 6.99. The smallest absolute Gasteiger partial charge is 0.316 e. The summed E-state index contributed by atoms with van der Waals surface area (Å²) in [6.45, 7) is 2.26. The number of nitrogens with one attached hydrogen (secondary N) is 2. The summed E-state index contributed by atoms with van der Waals surface area (Å²) in [5.74, 6) is 0. The van der Waals surface area contributed by atoms with Crippen molar-refractivity contribution in [1.82, 2.24) is 10.0 Å². The van der Waals surface area contributed by atoms with E-state index >= 15 is 0 Å². The van der Waals surface area contributed by atoms with Crippen LogP contribution < -0.4 is 10.0 Å². The Kier molecular flexibility index (Phi) is 4.07. The predicted octanol–water partition coefficient (Wildman–Crippen LogP) is 2.09. The van der Waals surface area contributed by atoms with E-state index in [1.807, 2.05) is 11.6 Å². The molecule has 21 heavy (non-hydrogen) atoms. The standard InChI is InChI=1S/C13H17F3N2O2S/c1-9-3-4-11(7-10(9)8-17-2)21(19,20)18-12(5-6-12)13(14,15)16/h3-4,7,17-18H,5-6,8H2,1-2H3. The van der Waals surface area contributed by atoms with E-state index in [4.69, 9.17) is 0 Å². The molecule has 0 radical (unpaired) electrons. The molecule has 1 aliphatic rings. The summed E-state index contributed by atoms with van der Waals surface area (Å²) in [7, 11) is -2.48. The normalized spacial score (nSPS) is 17.8. The Hall–Kier alpha value is -1.12. The van der Waals surface area contributed by atoms with Gasteiger partial charge in [-0.05, 0) is 50.1 Å². The Morgan fingerprint density at radius 1 is 1.29 bits per heavy atom. The Bertz CT molecular complexity index is 637. The van der Waals surface area contributed by atoms with Crippen molar-refractivity contribution in [2.24, 2.45) is 0 Å². The molecule has 1 aliphatic carbocycles. The van der Waals surface area contributed by atoms with Crippen LogP contribution in [0.4, 0.5) is 13.2 Å². The van der Waals surface area contributed by atoms with Crippen LogP contribution in [0.3, 0.4) is 0 Å². The van der Waals surface area contributed by atoms with Crippen LogP contribution >= 0.6 is 0 Å². The Morgan fingerprint density at radius 2 is 1.90 bits per heavy atom. The van der Waals surface area contributed by atoms with Crippen LogP contribution in [0, 0.1) is 6.92 Å². The lowest BCUT2D eigenvalue weighted by atomic mass is 10.1. The molecule has 1 aromatic carbocycles. The van der Waals surface area contributed by atoms with Crippen molar-refractivity contribution in [1.29, 1.82) is 0 Å². The van der Waals surface area contributed by atoms with Crippen molar-refractivity contribution >= 4 is 10.0 Å². The first-order valence-electron chi connectivity index (χ1n) is 6.46. The van der Waals surface area contributed by atoms with Gasteiger partial charge in [0.1, 0.15) is 5.54 Å². The van der Waals surface area contributed by atoms with Crippen molar-refractivity contribution < 1.29 is 21.6 Å². The molecule has 0 bridgehead atoms. The van der Waals surface area contributed by atoms with Gasteiger partial charge in [0.15, 0.2) is 0 Å². The van der Waals surface area contributed by atoms with E-state index in [1.165, 1.54) is 12.1 Å². The Balaban J connectivity index is 2.31. The average Bonchev–Trinajstić information content (AvgIpc) is 3.11. The van der Waals surface area contributed by atoms with Crippen LogP contribution in [0.15, 0.2) is 23.1 Å². The molecule has 2 rings (SSSR count). The van der Waals surface area contributed by atoms with Crippen molar-refractivity contribution in [3.8, 4) is 0 Å². The monoisotopic (exact) mass is 322 g/mol. The third kappa shape index (κ3) is 3.22. The summed E-state index contributed by atoms with van der Waals surface area (Å²) in [6.07, 6.45) is -5.01. The molecule has 0 atom stereocenters. The van der Waals surface area contributed by atoms with Gasteiger partial charge in [-0.2, -0.15) is 17.9 Å². The molecule has 0 spiro atoms. The van der Waals surface area contributed by atoms with E-state index in [-0.39, 0.29) is 17.7 Å². The molecule has 2 N–H and O–H groups in total. The van der Waals surface area contributed by atoms with E-state index in [0.29, 0.717) is 6.54 Å². The maximum atomic E-state index is 12.9. The molecule has 0 heterocycles. The van der Waals surface area contributed by atoms with Crippen molar-refractivity contribution in [3.05, 3.63) is 29.3 Å². The quantitative estimate of drug-likeness (QED) is 0.873. The number of benzene rings is 1. The van der Waals surface area contributed by atoms with Gasteiger partial charge in [-0.15, -0.1) is 0 Å². The number of hydrogen-bond donors (Lipinski definition) is 2. The predicted molar refractivity (Wildman–Crippen MR) is 72.3 cm³/mol. The van der Waals surface area contributed by atoms with Gasteiger partial charge in [-0.25, -0.2) is 8.42 Å². The first kappa shape index (κ1) is 16.3. The van der Waals surface area contributed by atoms with Crippen LogP contribution in [0.2, 0.25) is 0 Å². The fourth-order valence-electron chi connectivity index (χ4n) is 2.08. The highest BCUT2D eigenvalue weighted by molar-refractivity contribution is 7.89. The van der Waals surface area contributed by atoms with Gasteiger partial charge in [-0.3, -0.25) is 0 Å². The van der Waals surface area contributed by atoms with E-state index in [0.717, 1.165) is 11.1 Å². The molecule has 0 saturated heterocycles. The molecule has 0 aliphatic heterocycles. The summed E-state index contributed by atoms with van der Waals surface area (Å²) in [6, 6.07) is 4.32. The number of rotatable bonds is 5. The third-order valence-electron chi connectivity index (χ3n) is 3.62. The summed E-state index contributed by atoms with van der Waals surface area (Å²) < 4.78 is 64.8. The molecular formula is C13H17F3N2O2S. The van der Waals surface area contributed by atoms with Gasteiger partial charge >= 0.3 is 6.18 Å². The third-order valence-corrected chi connectivity index (χ3v) is 5.15. The lowest BCUT2D eigenvalue weighted by Gasteiger charge is -2.21. The van der Waals surface area contributed by atoms with Crippen LogP contribution in [0.1, 0.15) is 24.0 Å². The summed E-state index contributed by atoms with van der Waals surface area (Å²) in [5, 5.41) is 2.89. The first-order chi connectivity index (χ1) is 9.61. The van der Waals surface area contributed by atoms with Crippen LogP contribution in [0.5, 0.6) is 0 Å². The lowest BCUT2D eigenvalue weighted by Crippen LogP contribution is -2.47. The van der Waals surface area contributed by atoms with Crippen LogP contribution in [-0.4, -0.2) is 27.2 Å². The van der Waals surface area contributed by atoms with Gasteiger partial charge in [-0.1, -0.05) is 6.07 Å². The maximum absolute atomic E-state index is 12.9. The van der Waals surface area contributed by atoms with E-state index in [9.17, 15) is 21.6 Å². The molecule has 1 aromatic rings. The molecule has 8 heteroatoms. The van der Waals surface area contributed by atoms with Crippen molar-refractivity contribution in [2.45, 2.75) is 42.9 Å². The van der Waals surface area contributed by atoms with Crippen LogP contribution in [-0.2, 0) is 16.6 Å². The number of sulfonamides is 1. The van der Waals surface area contributed by atoms with Crippen molar-refractivity contribution in [2.75, 3.05) is 7.05 Å². The molecule has 0 unspecified atom stereocenters. The topological polar surface area (TPSA) is 58.2 Å². The highest BCUT2D eigenvalue weighted by Crippen LogP contribution is 2.49. The van der Waals surface area contributed by atoms with Gasteiger partial charge in [0, 0.05) is 6.54 Å². The molecule has 4 nitrogen and oxygen atoms in total. The minimum Gasteiger partial charge on any atom is -0.316 e. The fraction of sp³-hybridized carbons (Fsp3) is 0.538. The van der Waals surface area contributed by atoms with Gasteiger partial charge < -0.3 is 5.32 Å². The molecule has 1 fully saturated rings. The average molecular weight is 322 g/mol. The van der Waals surface area contributed by atoms with E-state index in [1.54, 1.807) is 13.1 Å². The molecule has 1 saturated carbocycles. The fourth-order valence-corrected chi connectivity index (χ4v) is 3.58. The Morgan fingerprint density at radius 3 is 2.38 bits per heavy atom. The number of alkyl halides is 3. The minimum absolute atomic E-state index is 0.145. The zero-order valence-electron chi connectivity index (χ0n) is 11.7. The number of halogens is 3. The summed E-state index contributed by atoms with van der Waals surface area (Å²) in [5.41, 5.74) is -0.683. The molecule has 0 amide bonds. The number of aryl methyl sites for hydroxylation is 1. The Labute approximate surface area is 121 Å². The highest BCUT2D eigenvalue weighted by atomic mass is 32.2. The zero-order chi connectivity index (χ0) is 15.9. The first-order valence-corrected chi connectivity index (χ1v) is 7.94. The maximum Gasteiger partial charge on any atom is 0.407 e. The van der Waals surface area contributed by atoms with E-state index in [2.05, 4.69) is 5.32 Å². The molecule has 0 aromatic heterocycles. The molecule has 118 valence electrons. The van der Waals surface area contributed by atoms with Gasteiger partial charge in [0.05, 0.1) is 4.90 Å². The second-order valence-electron chi connectivity index (χ2n) is 5.30. The zero-order valence-corrected chi connectivity index (χ0v) is 12.5. The van der Waals surface area contributed by atoms with E-state index < -0.39 is 21.7 Å². The van der Waals surface area contributed by atoms with Gasteiger partial charge in [0.25, 0.3) is 0 Å². The second kappa shape index (κ2) is 5.26. The number of hydrogen-bond acceptors (Lipinski definition) is 3. The summed E-state index contributed by atoms with van der Waals surface area (Å²) >= 11 is 0. The summed E-state index contributed by atoms with van der Waals surface area (Å²) in [4.78, 5) is -0.145. The van der Waals surface area contributed by atoms with Crippen LogP contribution in [0.25, 0.3) is 0 Å².